The van der Waals surface area contributed by atoms with Gasteiger partial charge in [0.2, 0.25) is 0 Å². The predicted octanol–water partition coefficient (Wildman–Crippen LogP) is 3.08. The van der Waals surface area contributed by atoms with E-state index in [1.54, 1.807) is 18.9 Å². The molecule has 2 rings (SSSR count). The lowest BCUT2D eigenvalue weighted by Gasteiger charge is -2.07. The fraction of sp³-hybridized carbons (Fsp3) is 0.357. The Kier molecular flexibility index (Phi) is 5.15. The molecule has 0 saturated heterocycles. The summed E-state index contributed by atoms with van der Waals surface area (Å²) < 4.78 is 12.9. The summed E-state index contributed by atoms with van der Waals surface area (Å²) in [6, 6.07) is 7.62. The Bertz CT molecular complexity index is 496. The summed E-state index contributed by atoms with van der Waals surface area (Å²) in [5.74, 6) is 2.58. The molecule has 0 aliphatic carbocycles. The summed E-state index contributed by atoms with van der Waals surface area (Å²) in [6.45, 7) is 3.72. The number of hydrogen-bond donors (Lipinski definition) is 0. The lowest BCUT2D eigenvalue weighted by molar-refractivity contribution is 0.342. The summed E-state index contributed by atoms with van der Waals surface area (Å²) in [5.41, 5.74) is 0. The van der Waals surface area contributed by atoms with Crippen molar-refractivity contribution in [3.63, 3.8) is 0 Å². The van der Waals surface area contributed by atoms with Crippen molar-refractivity contribution in [3.05, 3.63) is 36.7 Å². The minimum absolute atomic E-state index is 0.660. The van der Waals surface area contributed by atoms with Gasteiger partial charge in [-0.05, 0) is 31.2 Å². The van der Waals surface area contributed by atoms with Gasteiger partial charge in [0.15, 0.2) is 5.16 Å². The minimum Gasteiger partial charge on any atom is -0.497 e. The molecule has 0 saturated carbocycles. The van der Waals surface area contributed by atoms with Crippen LogP contribution in [0.4, 0.5) is 0 Å². The highest BCUT2D eigenvalue weighted by Gasteiger charge is 2.02. The van der Waals surface area contributed by atoms with Crippen molar-refractivity contribution in [2.24, 2.45) is 0 Å². The summed E-state index contributed by atoms with van der Waals surface area (Å²) >= 11 is 1.71. The second-order valence-electron chi connectivity index (χ2n) is 3.87. The van der Waals surface area contributed by atoms with Crippen molar-refractivity contribution in [2.45, 2.75) is 18.6 Å². The molecule has 1 aromatic heterocycles. The van der Waals surface area contributed by atoms with Crippen LogP contribution in [-0.4, -0.2) is 29.0 Å². The summed E-state index contributed by atoms with van der Waals surface area (Å²) in [5, 5.41) is 1.04. The van der Waals surface area contributed by atoms with E-state index in [2.05, 4.69) is 16.5 Å². The number of imidazole rings is 1. The van der Waals surface area contributed by atoms with E-state index >= 15 is 0 Å². The van der Waals surface area contributed by atoms with Gasteiger partial charge in [0.25, 0.3) is 0 Å². The number of aromatic nitrogens is 2. The highest BCUT2D eigenvalue weighted by molar-refractivity contribution is 7.99. The smallest absolute Gasteiger partial charge is 0.168 e. The van der Waals surface area contributed by atoms with Gasteiger partial charge in [-0.1, -0.05) is 11.8 Å². The molecule has 2 aromatic rings. The maximum absolute atomic E-state index is 5.66. The molecule has 4 nitrogen and oxygen atoms in total. The molecule has 0 atom stereocenters. The van der Waals surface area contributed by atoms with E-state index in [0.717, 1.165) is 29.0 Å². The Morgan fingerprint density at radius 2 is 1.95 bits per heavy atom. The molecule has 0 unspecified atom stereocenters. The van der Waals surface area contributed by atoms with Gasteiger partial charge >= 0.3 is 0 Å². The molecular formula is C14H18N2O2S. The second-order valence-corrected chi connectivity index (χ2v) is 4.93. The zero-order valence-electron chi connectivity index (χ0n) is 11.2. The van der Waals surface area contributed by atoms with Crippen LogP contribution in [0.1, 0.15) is 6.92 Å². The van der Waals surface area contributed by atoms with Crippen molar-refractivity contribution >= 4 is 11.8 Å². The number of rotatable bonds is 7. The van der Waals surface area contributed by atoms with Crippen molar-refractivity contribution in [1.82, 2.24) is 9.55 Å². The maximum Gasteiger partial charge on any atom is 0.168 e. The third kappa shape index (κ3) is 3.92. The Balaban J connectivity index is 1.74. The van der Waals surface area contributed by atoms with Crippen LogP contribution < -0.4 is 9.47 Å². The van der Waals surface area contributed by atoms with Gasteiger partial charge < -0.3 is 14.0 Å². The molecule has 0 aliphatic rings. The first kappa shape index (κ1) is 13.8. The van der Waals surface area contributed by atoms with Crippen molar-refractivity contribution in [2.75, 3.05) is 19.5 Å². The first-order valence-corrected chi connectivity index (χ1v) is 7.23. The monoisotopic (exact) mass is 278 g/mol. The van der Waals surface area contributed by atoms with E-state index in [1.165, 1.54) is 0 Å². The van der Waals surface area contributed by atoms with E-state index in [0.29, 0.717) is 6.61 Å². The van der Waals surface area contributed by atoms with Gasteiger partial charge in [-0.15, -0.1) is 0 Å². The van der Waals surface area contributed by atoms with Crippen LogP contribution in [0.15, 0.2) is 41.8 Å². The molecule has 5 heteroatoms. The van der Waals surface area contributed by atoms with Crippen LogP contribution in [-0.2, 0) is 6.54 Å². The van der Waals surface area contributed by atoms with Gasteiger partial charge in [0.1, 0.15) is 11.5 Å². The molecule has 0 radical (unpaired) electrons. The third-order valence-corrected chi connectivity index (χ3v) is 3.63. The Morgan fingerprint density at radius 3 is 2.63 bits per heavy atom. The highest BCUT2D eigenvalue weighted by Crippen LogP contribution is 2.19. The molecule has 0 bridgehead atoms. The number of ether oxygens (including phenoxy) is 2. The van der Waals surface area contributed by atoms with Gasteiger partial charge in [0.05, 0.1) is 13.7 Å². The first-order valence-electron chi connectivity index (χ1n) is 6.24. The molecule has 0 amide bonds. The average molecular weight is 278 g/mol. The van der Waals surface area contributed by atoms with Gasteiger partial charge in [-0.3, -0.25) is 0 Å². The molecule has 19 heavy (non-hydrogen) atoms. The molecule has 0 aliphatic heterocycles. The highest BCUT2D eigenvalue weighted by atomic mass is 32.2. The van der Waals surface area contributed by atoms with Gasteiger partial charge in [0, 0.05) is 24.7 Å². The van der Waals surface area contributed by atoms with Gasteiger partial charge in [-0.25, -0.2) is 4.98 Å². The number of methoxy groups -OCH3 is 1. The fourth-order valence-corrected chi connectivity index (χ4v) is 2.48. The third-order valence-electron chi connectivity index (χ3n) is 2.66. The second kappa shape index (κ2) is 7.09. The van der Waals surface area contributed by atoms with E-state index in [1.807, 2.05) is 36.7 Å². The van der Waals surface area contributed by atoms with Crippen molar-refractivity contribution in [3.8, 4) is 11.5 Å². The van der Waals surface area contributed by atoms with Crippen LogP contribution in [0, 0.1) is 0 Å². The van der Waals surface area contributed by atoms with Gasteiger partial charge in [-0.2, -0.15) is 0 Å². The lowest BCUT2D eigenvalue weighted by atomic mass is 10.3. The molecule has 1 aromatic carbocycles. The number of hydrogen-bond acceptors (Lipinski definition) is 4. The SMILES string of the molecule is CCn1ccnc1SCCOc1ccc(OC)cc1. The topological polar surface area (TPSA) is 36.3 Å². The van der Waals surface area contributed by atoms with Crippen LogP contribution in [0.5, 0.6) is 11.5 Å². The van der Waals surface area contributed by atoms with E-state index in [-0.39, 0.29) is 0 Å². The molecule has 1 heterocycles. The molecule has 0 spiro atoms. The van der Waals surface area contributed by atoms with E-state index < -0.39 is 0 Å². The van der Waals surface area contributed by atoms with Crippen LogP contribution >= 0.6 is 11.8 Å². The Morgan fingerprint density at radius 1 is 1.21 bits per heavy atom. The normalized spacial score (nSPS) is 10.4. The van der Waals surface area contributed by atoms with E-state index in [4.69, 9.17) is 9.47 Å². The molecule has 0 fully saturated rings. The summed E-state index contributed by atoms with van der Waals surface area (Å²) in [7, 11) is 1.66. The molecule has 0 N–H and O–H groups in total. The number of benzene rings is 1. The zero-order chi connectivity index (χ0) is 13.5. The lowest BCUT2D eigenvalue weighted by Crippen LogP contribution is -2.02. The molecular weight excluding hydrogens is 260 g/mol. The first-order chi connectivity index (χ1) is 9.33. The quantitative estimate of drug-likeness (QED) is 0.576. The Labute approximate surface area is 117 Å². The number of aryl methyl sites for hydroxylation is 1. The standard InChI is InChI=1S/C14H18N2O2S/c1-3-16-9-8-15-14(16)19-11-10-18-13-6-4-12(17-2)5-7-13/h4-9H,3,10-11H2,1-2H3. The largest absolute Gasteiger partial charge is 0.497 e. The van der Waals surface area contributed by atoms with Crippen molar-refractivity contribution in [1.29, 1.82) is 0 Å². The number of thioether (sulfide) groups is 1. The predicted molar refractivity (Wildman–Crippen MR) is 77.1 cm³/mol. The van der Waals surface area contributed by atoms with E-state index in [9.17, 15) is 0 Å². The Hall–Kier alpha value is -1.62. The fourth-order valence-electron chi connectivity index (χ4n) is 1.64. The minimum atomic E-state index is 0.660. The summed E-state index contributed by atoms with van der Waals surface area (Å²) in [6.07, 6.45) is 3.82. The average Bonchev–Trinajstić information content (AvgIpc) is 2.91. The van der Waals surface area contributed by atoms with Crippen molar-refractivity contribution < 1.29 is 9.47 Å². The molecule has 102 valence electrons. The van der Waals surface area contributed by atoms with Crippen LogP contribution in [0.3, 0.4) is 0 Å². The summed E-state index contributed by atoms with van der Waals surface area (Å²) in [4.78, 5) is 4.31. The number of nitrogens with zero attached hydrogens (tertiary/aromatic N) is 2. The zero-order valence-corrected chi connectivity index (χ0v) is 12.0. The van der Waals surface area contributed by atoms with Crippen LogP contribution in [0.2, 0.25) is 0 Å². The maximum atomic E-state index is 5.66. The van der Waals surface area contributed by atoms with Crippen LogP contribution in [0.25, 0.3) is 0 Å².